The third-order valence-corrected chi connectivity index (χ3v) is 2.42. The standard InChI is InChI=1S/C11H26N3O3/c1-2-3-4-11(12-5-8-15,13-6-9-16)14-7-10-17/h12-17H,1-10H2. The third kappa shape index (κ3) is 7.64. The van der Waals surface area contributed by atoms with Crippen molar-refractivity contribution in [3.05, 3.63) is 6.92 Å². The first-order valence-electron chi connectivity index (χ1n) is 6.11. The van der Waals surface area contributed by atoms with E-state index in [1.165, 1.54) is 0 Å². The van der Waals surface area contributed by atoms with Crippen LogP contribution in [0.15, 0.2) is 0 Å². The lowest BCUT2D eigenvalue weighted by Gasteiger charge is -2.37. The Bertz CT molecular complexity index is 133. The fourth-order valence-electron chi connectivity index (χ4n) is 1.65. The van der Waals surface area contributed by atoms with E-state index in [2.05, 4.69) is 22.9 Å². The van der Waals surface area contributed by atoms with Crippen molar-refractivity contribution < 1.29 is 15.3 Å². The van der Waals surface area contributed by atoms with Crippen LogP contribution in [0.2, 0.25) is 0 Å². The van der Waals surface area contributed by atoms with Crippen molar-refractivity contribution in [2.24, 2.45) is 0 Å². The van der Waals surface area contributed by atoms with Crippen molar-refractivity contribution in [1.82, 2.24) is 16.0 Å². The molecule has 0 saturated carbocycles. The second-order valence-electron chi connectivity index (χ2n) is 3.81. The van der Waals surface area contributed by atoms with Crippen LogP contribution in [0.1, 0.15) is 19.3 Å². The van der Waals surface area contributed by atoms with Gasteiger partial charge in [-0.15, -0.1) is 0 Å². The Balaban J connectivity index is 4.39. The largest absolute Gasteiger partial charge is 0.395 e. The molecular formula is C11H26N3O3. The molecular weight excluding hydrogens is 222 g/mol. The third-order valence-electron chi connectivity index (χ3n) is 2.42. The maximum atomic E-state index is 8.88. The normalized spacial score (nSPS) is 12.0. The zero-order valence-electron chi connectivity index (χ0n) is 10.4. The van der Waals surface area contributed by atoms with Gasteiger partial charge in [0.15, 0.2) is 0 Å². The lowest BCUT2D eigenvalue weighted by Crippen LogP contribution is -2.67. The summed E-state index contributed by atoms with van der Waals surface area (Å²) in [5.74, 6) is -0.564. The highest BCUT2D eigenvalue weighted by Gasteiger charge is 2.26. The molecule has 0 unspecified atom stereocenters. The molecule has 0 aliphatic heterocycles. The molecule has 103 valence electrons. The molecule has 0 bridgehead atoms. The molecule has 6 N–H and O–H groups in total. The molecule has 0 atom stereocenters. The number of aliphatic hydroxyl groups excluding tert-OH is 3. The summed E-state index contributed by atoms with van der Waals surface area (Å²) in [5.41, 5.74) is 0. The van der Waals surface area contributed by atoms with Gasteiger partial charge >= 0.3 is 0 Å². The molecule has 0 amide bonds. The lowest BCUT2D eigenvalue weighted by atomic mass is 10.1. The SMILES string of the molecule is [CH2]CCCC(NCCO)(NCCO)NCCO. The quantitative estimate of drug-likeness (QED) is 0.233. The van der Waals surface area contributed by atoms with Gasteiger partial charge in [0, 0.05) is 19.6 Å². The zero-order chi connectivity index (χ0) is 13.0. The molecule has 0 aromatic carbocycles. The molecule has 0 saturated heterocycles. The average Bonchev–Trinajstić information content (AvgIpc) is 2.37. The summed E-state index contributed by atoms with van der Waals surface area (Å²) in [4.78, 5) is 0. The molecule has 0 spiro atoms. The Morgan fingerprint density at radius 3 is 1.53 bits per heavy atom. The number of rotatable bonds is 12. The van der Waals surface area contributed by atoms with Gasteiger partial charge < -0.3 is 15.3 Å². The summed E-state index contributed by atoms with van der Waals surface area (Å²) in [6, 6.07) is 0. The first-order chi connectivity index (χ1) is 8.24. The lowest BCUT2D eigenvalue weighted by molar-refractivity contribution is 0.139. The minimum absolute atomic E-state index is 0.0355. The Kier molecular flexibility index (Phi) is 10.7. The number of unbranched alkanes of at least 4 members (excludes halogenated alkanes) is 1. The highest BCUT2D eigenvalue weighted by Crippen LogP contribution is 2.07. The first kappa shape index (κ1) is 16.8. The molecule has 17 heavy (non-hydrogen) atoms. The van der Waals surface area contributed by atoms with E-state index in [9.17, 15) is 0 Å². The van der Waals surface area contributed by atoms with Crippen molar-refractivity contribution in [3.8, 4) is 0 Å². The molecule has 0 heterocycles. The van der Waals surface area contributed by atoms with Crippen LogP contribution in [0.4, 0.5) is 0 Å². The van der Waals surface area contributed by atoms with Gasteiger partial charge in [0.1, 0.15) is 5.79 Å². The van der Waals surface area contributed by atoms with E-state index in [-0.39, 0.29) is 19.8 Å². The second kappa shape index (κ2) is 10.9. The van der Waals surface area contributed by atoms with Crippen LogP contribution in [0.5, 0.6) is 0 Å². The van der Waals surface area contributed by atoms with Crippen LogP contribution in [-0.4, -0.2) is 60.6 Å². The minimum atomic E-state index is -0.564. The van der Waals surface area contributed by atoms with E-state index < -0.39 is 5.79 Å². The predicted octanol–water partition coefficient (Wildman–Crippen LogP) is -1.61. The number of nitrogens with one attached hydrogen (secondary N) is 3. The van der Waals surface area contributed by atoms with Gasteiger partial charge in [-0.2, -0.15) is 0 Å². The van der Waals surface area contributed by atoms with E-state index in [0.717, 1.165) is 19.3 Å². The van der Waals surface area contributed by atoms with Crippen LogP contribution >= 0.6 is 0 Å². The Morgan fingerprint density at radius 2 is 1.24 bits per heavy atom. The van der Waals surface area contributed by atoms with Gasteiger partial charge in [0.25, 0.3) is 0 Å². The van der Waals surface area contributed by atoms with Crippen molar-refractivity contribution in [2.75, 3.05) is 39.5 Å². The van der Waals surface area contributed by atoms with Gasteiger partial charge in [-0.1, -0.05) is 13.3 Å². The highest BCUT2D eigenvalue weighted by atomic mass is 16.3. The highest BCUT2D eigenvalue weighted by molar-refractivity contribution is 4.83. The van der Waals surface area contributed by atoms with E-state index in [4.69, 9.17) is 15.3 Å². The Labute approximate surface area is 103 Å². The summed E-state index contributed by atoms with van der Waals surface area (Å²) in [6.07, 6.45) is 2.47. The van der Waals surface area contributed by atoms with Crippen molar-refractivity contribution in [2.45, 2.75) is 25.0 Å². The van der Waals surface area contributed by atoms with Crippen LogP contribution in [0.25, 0.3) is 0 Å². The molecule has 0 aromatic heterocycles. The minimum Gasteiger partial charge on any atom is -0.395 e. The molecule has 0 fully saturated rings. The summed E-state index contributed by atoms with van der Waals surface area (Å²) >= 11 is 0. The molecule has 0 aromatic rings. The second-order valence-corrected chi connectivity index (χ2v) is 3.81. The molecule has 0 aliphatic carbocycles. The zero-order valence-corrected chi connectivity index (χ0v) is 10.4. The van der Waals surface area contributed by atoms with Crippen LogP contribution in [0.3, 0.4) is 0 Å². The fourth-order valence-corrected chi connectivity index (χ4v) is 1.65. The Hall–Kier alpha value is -0.240. The first-order valence-corrected chi connectivity index (χ1v) is 6.11. The van der Waals surface area contributed by atoms with E-state index in [1.54, 1.807) is 0 Å². The van der Waals surface area contributed by atoms with Crippen LogP contribution in [-0.2, 0) is 0 Å². The molecule has 0 aliphatic rings. The van der Waals surface area contributed by atoms with E-state index >= 15 is 0 Å². The van der Waals surface area contributed by atoms with Crippen LogP contribution in [0, 0.1) is 6.92 Å². The van der Waals surface area contributed by atoms with E-state index in [1.807, 2.05) is 0 Å². The van der Waals surface area contributed by atoms with Gasteiger partial charge in [-0.25, -0.2) is 0 Å². The molecule has 6 heteroatoms. The Morgan fingerprint density at radius 1 is 0.824 bits per heavy atom. The topological polar surface area (TPSA) is 96.8 Å². The summed E-state index contributed by atoms with van der Waals surface area (Å²) in [6.45, 7) is 5.22. The molecule has 6 nitrogen and oxygen atoms in total. The van der Waals surface area contributed by atoms with Gasteiger partial charge in [-0.3, -0.25) is 16.0 Å². The number of hydrogen-bond acceptors (Lipinski definition) is 6. The smallest absolute Gasteiger partial charge is 0.123 e. The van der Waals surface area contributed by atoms with Crippen LogP contribution < -0.4 is 16.0 Å². The fraction of sp³-hybridized carbons (Fsp3) is 0.909. The molecule has 1 radical (unpaired) electrons. The van der Waals surface area contributed by atoms with Gasteiger partial charge in [0.2, 0.25) is 0 Å². The van der Waals surface area contributed by atoms with Gasteiger partial charge in [-0.05, 0) is 12.8 Å². The maximum absolute atomic E-state index is 8.88. The van der Waals surface area contributed by atoms with Crippen molar-refractivity contribution >= 4 is 0 Å². The predicted molar refractivity (Wildman–Crippen MR) is 67.2 cm³/mol. The van der Waals surface area contributed by atoms with Gasteiger partial charge in [0.05, 0.1) is 19.8 Å². The molecule has 0 rings (SSSR count). The maximum Gasteiger partial charge on any atom is 0.123 e. The van der Waals surface area contributed by atoms with E-state index in [0.29, 0.717) is 19.6 Å². The summed E-state index contributed by atoms with van der Waals surface area (Å²) < 4.78 is 0. The van der Waals surface area contributed by atoms with Crippen molar-refractivity contribution in [3.63, 3.8) is 0 Å². The monoisotopic (exact) mass is 248 g/mol. The average molecular weight is 248 g/mol. The summed E-state index contributed by atoms with van der Waals surface area (Å²) in [5, 5.41) is 36.1. The number of aliphatic hydroxyl groups is 3. The number of hydrogen-bond donors (Lipinski definition) is 6. The summed E-state index contributed by atoms with van der Waals surface area (Å²) in [7, 11) is 0. The van der Waals surface area contributed by atoms with Crippen molar-refractivity contribution in [1.29, 1.82) is 0 Å².